The summed E-state index contributed by atoms with van der Waals surface area (Å²) in [5, 5.41) is 6.63. The predicted octanol–water partition coefficient (Wildman–Crippen LogP) is 3.34. The number of ether oxygens (including phenoxy) is 2. The fourth-order valence-corrected chi connectivity index (χ4v) is 2.71. The van der Waals surface area contributed by atoms with E-state index in [1.54, 1.807) is 31.4 Å². The summed E-state index contributed by atoms with van der Waals surface area (Å²) in [6.45, 7) is 0. The Labute approximate surface area is 165 Å². The molecule has 2 aromatic rings. The number of benzene rings is 2. The fourth-order valence-electron chi connectivity index (χ4n) is 2.19. The molecule has 0 bridgehead atoms. The molecule has 0 aliphatic heterocycles. The van der Waals surface area contributed by atoms with Gasteiger partial charge in [0, 0.05) is 30.2 Å². The van der Waals surface area contributed by atoms with Gasteiger partial charge >= 0.3 is 0 Å². The monoisotopic (exact) mass is 433 g/mol. The number of amides is 2. The van der Waals surface area contributed by atoms with Gasteiger partial charge in [0.05, 0.1) is 24.9 Å². The minimum absolute atomic E-state index is 0.0272. The van der Waals surface area contributed by atoms with Crippen LogP contribution in [-0.2, 0) is 9.59 Å². The number of hydrazone groups is 1. The molecule has 0 radical (unpaired) electrons. The van der Waals surface area contributed by atoms with Crippen molar-refractivity contribution in [2.24, 2.45) is 5.10 Å². The van der Waals surface area contributed by atoms with Crippen LogP contribution in [0.2, 0.25) is 0 Å². The fraction of sp³-hybridized carbons (Fsp3) is 0.211. The van der Waals surface area contributed by atoms with E-state index in [1.807, 2.05) is 18.2 Å². The standard InChI is InChI=1S/C19H20BrN3O4/c1-26-16-11-17(27-2)15(20)10-13(16)12-21-23-19(25)9-8-18(24)22-14-6-4-3-5-7-14/h3-7,10-12H,8-9H2,1-2H3,(H,22,24)(H,23,25). The molecule has 0 saturated heterocycles. The number of halogens is 1. The first-order chi connectivity index (χ1) is 13.0. The maximum Gasteiger partial charge on any atom is 0.240 e. The Morgan fingerprint density at radius 3 is 2.37 bits per heavy atom. The molecule has 0 aliphatic carbocycles. The molecule has 2 amide bonds. The normalized spacial score (nSPS) is 10.5. The van der Waals surface area contributed by atoms with Gasteiger partial charge in [-0.2, -0.15) is 5.10 Å². The molecular formula is C19H20BrN3O4. The van der Waals surface area contributed by atoms with Gasteiger partial charge < -0.3 is 14.8 Å². The largest absolute Gasteiger partial charge is 0.496 e. The number of carbonyl (C=O) groups is 2. The van der Waals surface area contributed by atoms with E-state index in [9.17, 15) is 9.59 Å². The van der Waals surface area contributed by atoms with Crippen LogP contribution >= 0.6 is 15.9 Å². The van der Waals surface area contributed by atoms with Gasteiger partial charge in [0.25, 0.3) is 0 Å². The molecule has 0 heterocycles. The second kappa shape index (κ2) is 10.3. The quantitative estimate of drug-likeness (QED) is 0.493. The second-order valence-electron chi connectivity index (χ2n) is 5.44. The Morgan fingerprint density at radius 1 is 1.04 bits per heavy atom. The summed E-state index contributed by atoms with van der Waals surface area (Å²) in [4.78, 5) is 23.7. The van der Waals surface area contributed by atoms with Gasteiger partial charge in [0.15, 0.2) is 0 Å². The van der Waals surface area contributed by atoms with Crippen LogP contribution < -0.4 is 20.2 Å². The molecule has 2 N–H and O–H groups in total. The zero-order valence-electron chi connectivity index (χ0n) is 15.0. The van der Waals surface area contributed by atoms with Crippen molar-refractivity contribution in [3.63, 3.8) is 0 Å². The Balaban J connectivity index is 1.84. The lowest BCUT2D eigenvalue weighted by Crippen LogP contribution is -2.20. The van der Waals surface area contributed by atoms with Crippen molar-refractivity contribution in [2.45, 2.75) is 12.8 Å². The minimum Gasteiger partial charge on any atom is -0.496 e. The lowest BCUT2D eigenvalue weighted by atomic mass is 10.2. The molecule has 0 fully saturated rings. The smallest absolute Gasteiger partial charge is 0.240 e. The zero-order chi connectivity index (χ0) is 19.6. The molecule has 0 unspecified atom stereocenters. The van der Waals surface area contributed by atoms with Crippen LogP contribution in [0, 0.1) is 0 Å². The van der Waals surface area contributed by atoms with Crippen LogP contribution in [0.25, 0.3) is 0 Å². The van der Waals surface area contributed by atoms with Gasteiger partial charge in [-0.15, -0.1) is 0 Å². The topological polar surface area (TPSA) is 89.0 Å². The predicted molar refractivity (Wildman–Crippen MR) is 107 cm³/mol. The second-order valence-corrected chi connectivity index (χ2v) is 6.29. The summed E-state index contributed by atoms with van der Waals surface area (Å²) in [6, 6.07) is 12.5. The number of nitrogens with zero attached hydrogens (tertiary/aromatic N) is 1. The highest BCUT2D eigenvalue weighted by Gasteiger charge is 2.09. The Hall–Kier alpha value is -2.87. The highest BCUT2D eigenvalue weighted by Crippen LogP contribution is 2.31. The van der Waals surface area contributed by atoms with Crippen molar-refractivity contribution in [3.05, 3.63) is 52.5 Å². The summed E-state index contributed by atoms with van der Waals surface area (Å²) in [5.41, 5.74) is 3.75. The summed E-state index contributed by atoms with van der Waals surface area (Å²) in [5.74, 6) is 0.579. The van der Waals surface area contributed by atoms with Crippen molar-refractivity contribution in [1.29, 1.82) is 0 Å². The highest BCUT2D eigenvalue weighted by molar-refractivity contribution is 9.10. The van der Waals surface area contributed by atoms with E-state index in [-0.39, 0.29) is 24.7 Å². The molecule has 27 heavy (non-hydrogen) atoms. The summed E-state index contributed by atoms with van der Waals surface area (Å²) < 4.78 is 11.2. The van der Waals surface area contributed by atoms with E-state index >= 15 is 0 Å². The van der Waals surface area contributed by atoms with Crippen LogP contribution in [0.5, 0.6) is 11.5 Å². The molecule has 0 aliphatic rings. The summed E-state index contributed by atoms with van der Waals surface area (Å²) >= 11 is 3.39. The molecule has 0 spiro atoms. The van der Waals surface area contributed by atoms with E-state index in [0.717, 1.165) is 4.47 Å². The first-order valence-electron chi connectivity index (χ1n) is 8.11. The third kappa shape index (κ3) is 6.41. The number of hydrogen-bond donors (Lipinski definition) is 2. The van der Waals surface area contributed by atoms with Crippen molar-refractivity contribution in [1.82, 2.24) is 5.43 Å². The number of para-hydroxylation sites is 1. The van der Waals surface area contributed by atoms with E-state index in [1.165, 1.54) is 13.3 Å². The van der Waals surface area contributed by atoms with Gasteiger partial charge in [0.2, 0.25) is 11.8 Å². The van der Waals surface area contributed by atoms with Gasteiger partial charge in [0.1, 0.15) is 11.5 Å². The first-order valence-corrected chi connectivity index (χ1v) is 8.91. The van der Waals surface area contributed by atoms with E-state index in [0.29, 0.717) is 22.7 Å². The SMILES string of the molecule is COc1cc(OC)c(C=NNC(=O)CCC(=O)Nc2ccccc2)cc1Br. The van der Waals surface area contributed by atoms with Crippen molar-refractivity contribution < 1.29 is 19.1 Å². The Morgan fingerprint density at radius 2 is 1.70 bits per heavy atom. The first kappa shape index (κ1) is 20.4. The Kier molecular flexibility index (Phi) is 7.81. The van der Waals surface area contributed by atoms with E-state index in [2.05, 4.69) is 31.8 Å². The highest BCUT2D eigenvalue weighted by atomic mass is 79.9. The molecule has 2 rings (SSSR count). The van der Waals surface area contributed by atoms with Crippen molar-refractivity contribution >= 4 is 39.6 Å². The van der Waals surface area contributed by atoms with E-state index in [4.69, 9.17) is 9.47 Å². The number of anilines is 1. The molecule has 2 aromatic carbocycles. The number of nitrogens with one attached hydrogen (secondary N) is 2. The number of rotatable bonds is 8. The molecule has 8 heteroatoms. The third-order valence-electron chi connectivity index (χ3n) is 3.53. The minimum atomic E-state index is -0.360. The number of carbonyl (C=O) groups excluding carboxylic acids is 2. The molecule has 0 aromatic heterocycles. The number of hydrogen-bond acceptors (Lipinski definition) is 5. The van der Waals surface area contributed by atoms with Crippen LogP contribution in [0.1, 0.15) is 18.4 Å². The van der Waals surface area contributed by atoms with Crippen LogP contribution in [0.15, 0.2) is 52.0 Å². The maximum atomic E-state index is 11.8. The van der Waals surface area contributed by atoms with Crippen molar-refractivity contribution in [2.75, 3.05) is 19.5 Å². The van der Waals surface area contributed by atoms with Crippen LogP contribution in [-0.4, -0.2) is 32.2 Å². The average molecular weight is 434 g/mol. The van der Waals surface area contributed by atoms with Gasteiger partial charge in [-0.1, -0.05) is 18.2 Å². The lowest BCUT2D eigenvalue weighted by molar-refractivity contribution is -0.124. The van der Waals surface area contributed by atoms with E-state index < -0.39 is 0 Å². The molecular weight excluding hydrogens is 414 g/mol. The molecule has 0 atom stereocenters. The van der Waals surface area contributed by atoms with Gasteiger partial charge in [-0.3, -0.25) is 9.59 Å². The lowest BCUT2D eigenvalue weighted by Gasteiger charge is -2.09. The third-order valence-corrected chi connectivity index (χ3v) is 4.15. The van der Waals surface area contributed by atoms with Crippen LogP contribution in [0.3, 0.4) is 0 Å². The molecule has 7 nitrogen and oxygen atoms in total. The zero-order valence-corrected chi connectivity index (χ0v) is 16.6. The summed E-state index contributed by atoms with van der Waals surface area (Å²) in [6.07, 6.45) is 1.55. The maximum absolute atomic E-state index is 11.8. The Bertz CT molecular complexity index is 825. The molecule has 142 valence electrons. The van der Waals surface area contributed by atoms with Crippen molar-refractivity contribution in [3.8, 4) is 11.5 Å². The van der Waals surface area contributed by atoms with Gasteiger partial charge in [-0.25, -0.2) is 5.43 Å². The number of methoxy groups -OCH3 is 2. The molecule has 0 saturated carbocycles. The van der Waals surface area contributed by atoms with Crippen LogP contribution in [0.4, 0.5) is 5.69 Å². The van der Waals surface area contributed by atoms with Gasteiger partial charge in [-0.05, 0) is 34.1 Å². The summed E-state index contributed by atoms with van der Waals surface area (Å²) in [7, 11) is 3.09. The average Bonchev–Trinajstić information content (AvgIpc) is 2.67.